The van der Waals surface area contributed by atoms with Gasteiger partial charge in [-0.2, -0.15) is 0 Å². The summed E-state index contributed by atoms with van der Waals surface area (Å²) >= 11 is 0. The van der Waals surface area contributed by atoms with Crippen molar-refractivity contribution in [3.05, 3.63) is 29.5 Å². The molecular weight excluding hydrogens is 206 g/mol. The summed E-state index contributed by atoms with van der Waals surface area (Å²) in [5.41, 5.74) is 1.60. The van der Waals surface area contributed by atoms with Crippen LogP contribution in [0, 0.1) is 0 Å². The van der Waals surface area contributed by atoms with Crippen LogP contribution in [0.1, 0.15) is 12.5 Å². The Kier molecular flexibility index (Phi) is 2.81. The summed E-state index contributed by atoms with van der Waals surface area (Å²) in [6.07, 6.45) is 1.87. The van der Waals surface area contributed by atoms with E-state index in [-0.39, 0.29) is 5.91 Å². The zero-order valence-corrected chi connectivity index (χ0v) is 9.24. The van der Waals surface area contributed by atoms with Gasteiger partial charge in [-0.15, -0.1) is 0 Å². The molecule has 0 aliphatic carbocycles. The van der Waals surface area contributed by atoms with Crippen molar-refractivity contribution in [2.45, 2.75) is 6.92 Å². The predicted octanol–water partition coefficient (Wildman–Crippen LogP) is 1.56. The monoisotopic (exact) mass is 219 g/mol. The Morgan fingerprint density at radius 1 is 1.50 bits per heavy atom. The van der Waals surface area contributed by atoms with Crippen LogP contribution in [-0.4, -0.2) is 19.6 Å². The highest BCUT2D eigenvalue weighted by Gasteiger charge is 2.15. The first-order valence-electron chi connectivity index (χ1n) is 4.98. The number of fused-ring (bicyclic) bond motifs is 1. The van der Waals surface area contributed by atoms with Crippen molar-refractivity contribution in [2.75, 3.05) is 13.7 Å². The highest BCUT2D eigenvalue weighted by molar-refractivity contribution is 5.78. The Bertz CT molecular complexity index is 452. The fourth-order valence-corrected chi connectivity index (χ4v) is 1.64. The SMILES string of the molecule is COc1cccc2c1C=C(NC(C)=O)CO2. The second-order valence-corrected chi connectivity index (χ2v) is 3.51. The number of ether oxygens (including phenoxy) is 2. The van der Waals surface area contributed by atoms with Crippen LogP contribution in [0.25, 0.3) is 6.08 Å². The molecule has 0 radical (unpaired) electrons. The quantitative estimate of drug-likeness (QED) is 0.821. The molecule has 1 aliphatic heterocycles. The van der Waals surface area contributed by atoms with Crippen molar-refractivity contribution >= 4 is 12.0 Å². The van der Waals surface area contributed by atoms with Crippen LogP contribution in [0.3, 0.4) is 0 Å². The van der Waals surface area contributed by atoms with Gasteiger partial charge in [0.15, 0.2) is 0 Å². The van der Waals surface area contributed by atoms with Crippen LogP contribution in [0.4, 0.5) is 0 Å². The molecule has 0 saturated carbocycles. The molecule has 0 unspecified atom stereocenters. The van der Waals surface area contributed by atoms with E-state index < -0.39 is 0 Å². The molecule has 16 heavy (non-hydrogen) atoms. The average molecular weight is 219 g/mol. The van der Waals surface area contributed by atoms with E-state index in [0.29, 0.717) is 6.61 Å². The third-order valence-electron chi connectivity index (χ3n) is 2.28. The summed E-state index contributed by atoms with van der Waals surface area (Å²) in [6.45, 7) is 1.85. The van der Waals surface area contributed by atoms with E-state index in [1.807, 2.05) is 24.3 Å². The van der Waals surface area contributed by atoms with Crippen LogP contribution in [-0.2, 0) is 4.79 Å². The number of rotatable bonds is 2. The zero-order chi connectivity index (χ0) is 11.5. The molecule has 0 aromatic heterocycles. The molecule has 0 spiro atoms. The molecule has 1 aliphatic rings. The van der Waals surface area contributed by atoms with Gasteiger partial charge in [0.1, 0.15) is 18.1 Å². The number of carbonyl (C=O) groups excluding carboxylic acids is 1. The number of benzene rings is 1. The fourth-order valence-electron chi connectivity index (χ4n) is 1.64. The van der Waals surface area contributed by atoms with Gasteiger partial charge in [0.25, 0.3) is 0 Å². The lowest BCUT2D eigenvalue weighted by molar-refractivity contribution is -0.118. The molecule has 84 valence electrons. The second-order valence-electron chi connectivity index (χ2n) is 3.51. The maximum atomic E-state index is 10.9. The molecule has 1 N–H and O–H groups in total. The van der Waals surface area contributed by atoms with Gasteiger partial charge in [0, 0.05) is 6.92 Å². The van der Waals surface area contributed by atoms with Gasteiger partial charge < -0.3 is 14.8 Å². The molecule has 1 aromatic carbocycles. The van der Waals surface area contributed by atoms with E-state index in [1.165, 1.54) is 6.92 Å². The average Bonchev–Trinajstić information content (AvgIpc) is 2.27. The van der Waals surface area contributed by atoms with Gasteiger partial charge in [0.05, 0.1) is 18.4 Å². The number of amides is 1. The molecule has 0 fully saturated rings. The minimum Gasteiger partial charge on any atom is -0.496 e. The molecule has 1 heterocycles. The van der Waals surface area contributed by atoms with Crippen molar-refractivity contribution in [3.8, 4) is 11.5 Å². The highest BCUT2D eigenvalue weighted by atomic mass is 16.5. The first-order chi connectivity index (χ1) is 7.70. The minimum absolute atomic E-state index is 0.104. The number of hydrogen-bond donors (Lipinski definition) is 1. The number of hydrogen-bond acceptors (Lipinski definition) is 3. The van der Waals surface area contributed by atoms with E-state index in [9.17, 15) is 4.79 Å². The van der Waals surface area contributed by atoms with Crippen LogP contribution in [0.15, 0.2) is 23.9 Å². The van der Waals surface area contributed by atoms with Crippen LogP contribution >= 0.6 is 0 Å². The summed E-state index contributed by atoms with van der Waals surface area (Å²) in [4.78, 5) is 10.9. The lowest BCUT2D eigenvalue weighted by Crippen LogP contribution is -2.25. The Morgan fingerprint density at radius 3 is 3.00 bits per heavy atom. The van der Waals surface area contributed by atoms with Gasteiger partial charge in [-0.1, -0.05) is 6.07 Å². The standard InChI is InChI=1S/C12H13NO3/c1-8(14)13-9-6-10-11(15-2)4-3-5-12(10)16-7-9/h3-6H,7H2,1-2H3,(H,13,14). The number of carbonyl (C=O) groups is 1. The smallest absolute Gasteiger partial charge is 0.221 e. The highest BCUT2D eigenvalue weighted by Crippen LogP contribution is 2.33. The summed E-state index contributed by atoms with van der Waals surface area (Å²) in [5, 5.41) is 2.72. The Labute approximate surface area is 93.9 Å². The third kappa shape index (κ3) is 2.00. The molecule has 1 aromatic rings. The second kappa shape index (κ2) is 4.26. The Morgan fingerprint density at radius 2 is 2.31 bits per heavy atom. The summed E-state index contributed by atoms with van der Waals surface area (Å²) in [6, 6.07) is 5.60. The molecular formula is C12H13NO3. The summed E-state index contributed by atoms with van der Waals surface area (Å²) in [5.74, 6) is 1.40. The van der Waals surface area contributed by atoms with Crippen LogP contribution in [0.5, 0.6) is 11.5 Å². The van der Waals surface area contributed by atoms with Crippen molar-refractivity contribution in [3.63, 3.8) is 0 Å². The molecule has 4 nitrogen and oxygen atoms in total. The maximum Gasteiger partial charge on any atom is 0.221 e. The minimum atomic E-state index is -0.104. The lowest BCUT2D eigenvalue weighted by atomic mass is 10.1. The molecule has 0 saturated heterocycles. The molecule has 2 rings (SSSR count). The van der Waals surface area contributed by atoms with Gasteiger partial charge >= 0.3 is 0 Å². The normalized spacial score (nSPS) is 13.2. The van der Waals surface area contributed by atoms with Crippen molar-refractivity contribution in [1.29, 1.82) is 0 Å². The van der Waals surface area contributed by atoms with E-state index in [4.69, 9.17) is 9.47 Å². The van der Waals surface area contributed by atoms with Gasteiger partial charge in [-0.3, -0.25) is 4.79 Å². The lowest BCUT2D eigenvalue weighted by Gasteiger charge is -2.19. The van der Waals surface area contributed by atoms with Crippen molar-refractivity contribution in [1.82, 2.24) is 5.32 Å². The largest absolute Gasteiger partial charge is 0.496 e. The van der Waals surface area contributed by atoms with Gasteiger partial charge in [-0.05, 0) is 18.2 Å². The summed E-state index contributed by atoms with van der Waals surface area (Å²) < 4.78 is 10.7. The Hall–Kier alpha value is -1.97. The first-order valence-corrected chi connectivity index (χ1v) is 4.98. The topological polar surface area (TPSA) is 47.6 Å². The first kappa shape index (κ1) is 10.5. The molecule has 0 atom stereocenters. The fraction of sp³-hybridized carbons (Fsp3) is 0.250. The molecule has 4 heteroatoms. The predicted molar refractivity (Wildman–Crippen MR) is 60.3 cm³/mol. The molecule has 0 bridgehead atoms. The van der Waals surface area contributed by atoms with Gasteiger partial charge in [-0.25, -0.2) is 0 Å². The van der Waals surface area contributed by atoms with E-state index in [1.54, 1.807) is 7.11 Å². The number of nitrogens with one attached hydrogen (secondary N) is 1. The van der Waals surface area contributed by atoms with Crippen molar-refractivity contribution < 1.29 is 14.3 Å². The van der Waals surface area contributed by atoms with Crippen LogP contribution < -0.4 is 14.8 Å². The van der Waals surface area contributed by atoms with Crippen LogP contribution in [0.2, 0.25) is 0 Å². The van der Waals surface area contributed by atoms with Gasteiger partial charge in [0.2, 0.25) is 5.91 Å². The van der Waals surface area contributed by atoms with E-state index in [0.717, 1.165) is 22.8 Å². The van der Waals surface area contributed by atoms with E-state index in [2.05, 4.69) is 5.32 Å². The third-order valence-corrected chi connectivity index (χ3v) is 2.28. The van der Waals surface area contributed by atoms with Crippen molar-refractivity contribution in [2.24, 2.45) is 0 Å². The maximum absolute atomic E-state index is 10.9. The number of methoxy groups -OCH3 is 1. The summed E-state index contributed by atoms with van der Waals surface area (Å²) in [7, 11) is 1.61. The zero-order valence-electron chi connectivity index (χ0n) is 9.24. The Balaban J connectivity index is 2.37. The molecule has 1 amide bonds. The van der Waals surface area contributed by atoms with E-state index >= 15 is 0 Å².